The van der Waals surface area contributed by atoms with Crippen molar-refractivity contribution in [1.29, 1.82) is 0 Å². The predicted molar refractivity (Wildman–Crippen MR) is 84.3 cm³/mol. The number of carbonyl (C=O) groups excluding carboxylic acids is 1. The molecule has 0 aliphatic heterocycles. The number of alkyl halides is 3. The molecular formula is C17H12F3N3O3. The van der Waals surface area contributed by atoms with Gasteiger partial charge in [0.05, 0.1) is 17.4 Å². The molecule has 134 valence electrons. The van der Waals surface area contributed by atoms with E-state index in [4.69, 9.17) is 4.42 Å². The lowest BCUT2D eigenvalue weighted by molar-refractivity contribution is -0.138. The number of rotatable bonds is 5. The molecule has 1 aromatic carbocycles. The number of halogens is 3. The van der Waals surface area contributed by atoms with Crippen LogP contribution in [0.5, 0.6) is 0 Å². The monoisotopic (exact) mass is 363 g/mol. The van der Waals surface area contributed by atoms with E-state index in [-0.39, 0.29) is 28.9 Å². The van der Waals surface area contributed by atoms with Gasteiger partial charge in [0.1, 0.15) is 12.6 Å². The first-order valence-electron chi connectivity index (χ1n) is 7.37. The summed E-state index contributed by atoms with van der Waals surface area (Å²) in [4.78, 5) is 16.0. The number of hydrogen-bond acceptors (Lipinski definition) is 5. The number of furan rings is 1. The molecule has 2 aromatic heterocycles. The van der Waals surface area contributed by atoms with Crippen LogP contribution in [0.4, 0.5) is 13.2 Å². The third-order valence-corrected chi connectivity index (χ3v) is 3.62. The molecule has 0 saturated carbocycles. The molecule has 2 N–H and O–H groups in total. The van der Waals surface area contributed by atoms with Gasteiger partial charge in [0.15, 0.2) is 11.5 Å². The van der Waals surface area contributed by atoms with E-state index < -0.39 is 23.3 Å². The number of aromatic nitrogens is 3. The number of aliphatic hydroxyl groups is 1. The molecule has 0 fully saturated rings. The van der Waals surface area contributed by atoms with E-state index in [1.807, 2.05) is 0 Å². The number of aromatic amines is 1. The molecule has 2 heterocycles. The van der Waals surface area contributed by atoms with Gasteiger partial charge in [-0.05, 0) is 11.6 Å². The molecule has 0 radical (unpaired) electrons. The van der Waals surface area contributed by atoms with Gasteiger partial charge < -0.3 is 9.52 Å². The minimum Gasteiger partial charge on any atom is -0.504 e. The van der Waals surface area contributed by atoms with Crippen molar-refractivity contribution in [1.82, 2.24) is 15.2 Å². The minimum absolute atomic E-state index is 0.0117. The number of H-pyrrole nitrogens is 1. The van der Waals surface area contributed by atoms with Crippen LogP contribution >= 0.6 is 0 Å². The summed E-state index contributed by atoms with van der Waals surface area (Å²) in [6.45, 7) is 0. The van der Waals surface area contributed by atoms with Gasteiger partial charge in [-0.2, -0.15) is 18.3 Å². The first-order chi connectivity index (χ1) is 12.4. The second-order valence-corrected chi connectivity index (χ2v) is 5.36. The van der Waals surface area contributed by atoms with Crippen molar-refractivity contribution in [2.45, 2.75) is 12.6 Å². The Morgan fingerprint density at radius 1 is 1.23 bits per heavy atom. The normalized spacial score (nSPS) is 12.3. The molecule has 3 aromatic rings. The van der Waals surface area contributed by atoms with Crippen LogP contribution in [-0.2, 0) is 12.6 Å². The Morgan fingerprint density at radius 3 is 2.69 bits per heavy atom. The Kier molecular flexibility index (Phi) is 4.61. The quantitative estimate of drug-likeness (QED) is 0.409. The number of ketones is 1. The topological polar surface area (TPSA) is 92.0 Å². The predicted octanol–water partition coefficient (Wildman–Crippen LogP) is 3.79. The Hall–Kier alpha value is -3.36. The van der Waals surface area contributed by atoms with Crippen molar-refractivity contribution in [3.05, 3.63) is 77.3 Å². The van der Waals surface area contributed by atoms with E-state index in [0.29, 0.717) is 0 Å². The highest BCUT2D eigenvalue weighted by molar-refractivity contribution is 6.08. The van der Waals surface area contributed by atoms with Crippen molar-refractivity contribution >= 4 is 11.5 Å². The Morgan fingerprint density at radius 2 is 2.00 bits per heavy atom. The third kappa shape index (κ3) is 3.66. The van der Waals surface area contributed by atoms with Crippen molar-refractivity contribution < 1.29 is 27.5 Å². The van der Waals surface area contributed by atoms with Crippen LogP contribution in [-0.4, -0.2) is 26.1 Å². The number of hydrogen-bond donors (Lipinski definition) is 2. The van der Waals surface area contributed by atoms with Gasteiger partial charge in [0.2, 0.25) is 5.82 Å². The van der Waals surface area contributed by atoms with Crippen LogP contribution < -0.4 is 0 Å². The maximum atomic E-state index is 13.1. The molecule has 0 aliphatic carbocycles. The first-order valence-corrected chi connectivity index (χ1v) is 7.37. The van der Waals surface area contributed by atoms with E-state index in [1.165, 1.54) is 30.8 Å². The van der Waals surface area contributed by atoms with Crippen LogP contribution in [0.1, 0.15) is 32.9 Å². The van der Waals surface area contributed by atoms with Gasteiger partial charge in [-0.15, -0.1) is 0 Å². The van der Waals surface area contributed by atoms with Gasteiger partial charge in [-0.25, -0.2) is 4.98 Å². The van der Waals surface area contributed by atoms with Crippen molar-refractivity contribution in [3.8, 4) is 0 Å². The fourth-order valence-corrected chi connectivity index (χ4v) is 2.43. The molecule has 26 heavy (non-hydrogen) atoms. The summed E-state index contributed by atoms with van der Waals surface area (Å²) in [5.74, 6) is -1.19. The van der Waals surface area contributed by atoms with E-state index in [2.05, 4.69) is 15.2 Å². The fourth-order valence-electron chi connectivity index (χ4n) is 2.43. The molecule has 9 heteroatoms. The smallest absolute Gasteiger partial charge is 0.416 e. The second kappa shape index (κ2) is 6.87. The zero-order valence-corrected chi connectivity index (χ0v) is 13.1. The second-order valence-electron chi connectivity index (χ2n) is 5.36. The van der Waals surface area contributed by atoms with Gasteiger partial charge in [0, 0.05) is 18.1 Å². The summed E-state index contributed by atoms with van der Waals surface area (Å²) in [5.41, 5.74) is -0.453. The largest absolute Gasteiger partial charge is 0.504 e. The molecule has 6 nitrogen and oxygen atoms in total. The Bertz CT molecular complexity index is 944. The number of allylic oxidation sites excluding steroid dienone is 1. The number of benzene rings is 1. The summed E-state index contributed by atoms with van der Waals surface area (Å²) >= 11 is 0. The summed E-state index contributed by atoms with van der Waals surface area (Å²) in [6, 6.07) is 5.10. The lowest BCUT2D eigenvalue weighted by atomic mass is 9.97. The zero-order valence-electron chi connectivity index (χ0n) is 13.1. The van der Waals surface area contributed by atoms with Crippen LogP contribution in [0.25, 0.3) is 5.76 Å². The lowest BCUT2D eigenvalue weighted by Gasteiger charge is -2.12. The van der Waals surface area contributed by atoms with Crippen LogP contribution in [0.15, 0.2) is 53.6 Å². The highest BCUT2D eigenvalue weighted by atomic mass is 19.4. The molecule has 0 bridgehead atoms. The number of carbonyl (C=O) groups is 1. The highest BCUT2D eigenvalue weighted by Crippen LogP contribution is 2.33. The van der Waals surface area contributed by atoms with E-state index in [0.717, 1.165) is 18.4 Å². The van der Waals surface area contributed by atoms with Crippen LogP contribution in [0, 0.1) is 0 Å². The number of aliphatic hydroxyl groups excluding tert-OH is 1. The maximum absolute atomic E-state index is 13.1. The van der Waals surface area contributed by atoms with Crippen LogP contribution in [0.2, 0.25) is 0 Å². The van der Waals surface area contributed by atoms with Gasteiger partial charge in [-0.1, -0.05) is 18.2 Å². The molecule has 0 unspecified atom stereocenters. The molecule has 0 spiro atoms. The highest BCUT2D eigenvalue weighted by Gasteiger charge is 2.33. The average Bonchev–Trinajstić information content (AvgIpc) is 3.26. The molecule has 3 rings (SSSR count). The summed E-state index contributed by atoms with van der Waals surface area (Å²) in [7, 11) is 0. The summed E-state index contributed by atoms with van der Waals surface area (Å²) < 4.78 is 44.3. The van der Waals surface area contributed by atoms with Crippen LogP contribution in [0.3, 0.4) is 0 Å². The van der Waals surface area contributed by atoms with Gasteiger partial charge in [-0.3, -0.25) is 9.89 Å². The lowest BCUT2D eigenvalue weighted by Crippen LogP contribution is -2.10. The van der Waals surface area contributed by atoms with E-state index >= 15 is 0 Å². The number of nitrogens with zero attached hydrogens (tertiary/aromatic N) is 2. The molecule has 0 saturated heterocycles. The van der Waals surface area contributed by atoms with E-state index in [1.54, 1.807) is 0 Å². The van der Waals surface area contributed by atoms with Gasteiger partial charge >= 0.3 is 6.18 Å². The van der Waals surface area contributed by atoms with E-state index in [9.17, 15) is 23.1 Å². The van der Waals surface area contributed by atoms with Crippen molar-refractivity contribution in [2.24, 2.45) is 0 Å². The molecule has 0 aliphatic rings. The maximum Gasteiger partial charge on any atom is 0.416 e. The minimum atomic E-state index is -4.51. The average molecular weight is 363 g/mol. The zero-order chi connectivity index (χ0) is 18.7. The third-order valence-electron chi connectivity index (χ3n) is 3.62. The summed E-state index contributed by atoms with van der Waals surface area (Å²) in [6.07, 6.45) is -0.223. The Labute approximate surface area is 145 Å². The summed E-state index contributed by atoms with van der Waals surface area (Å²) in [5, 5.41) is 15.8. The molecule has 0 amide bonds. The van der Waals surface area contributed by atoms with Crippen molar-refractivity contribution in [3.63, 3.8) is 0 Å². The standard InChI is InChI=1S/C17H12F3N3O3/c18-17(19,20)13-4-2-1-3-10(13)5-11-7-26-8-12(11)14(24)6-15(25)16-21-9-22-23-16/h1-4,6-9,25H,5H2,(H,21,22,23). The number of nitrogens with one attached hydrogen (secondary N) is 1. The molecule has 0 atom stereocenters. The SMILES string of the molecule is O=C(C=C(O)c1nc[nH]n1)c1cocc1Cc1ccccc1C(F)(F)F. The fraction of sp³-hybridized carbons (Fsp3) is 0.118. The first kappa shape index (κ1) is 17.5. The van der Waals surface area contributed by atoms with Gasteiger partial charge in [0.25, 0.3) is 0 Å². The van der Waals surface area contributed by atoms with Crippen molar-refractivity contribution in [2.75, 3.05) is 0 Å². The Balaban J connectivity index is 1.89. The molecular weight excluding hydrogens is 351 g/mol.